The van der Waals surface area contributed by atoms with Gasteiger partial charge in [0.1, 0.15) is 17.8 Å². The van der Waals surface area contributed by atoms with Crippen LogP contribution in [0.15, 0.2) is 31.2 Å². The topological polar surface area (TPSA) is 91.7 Å². The normalized spacial score (nSPS) is 23.8. The first-order valence-electron chi connectivity index (χ1n) is 8.46. The highest BCUT2D eigenvalue weighted by molar-refractivity contribution is 5.90. The predicted molar refractivity (Wildman–Crippen MR) is 91.6 cm³/mol. The third-order valence-electron chi connectivity index (χ3n) is 4.91. The molecule has 1 fully saturated rings. The van der Waals surface area contributed by atoms with Crippen molar-refractivity contribution >= 4 is 16.9 Å². The molecule has 1 aliphatic carbocycles. The van der Waals surface area contributed by atoms with E-state index in [1.165, 1.54) is 5.56 Å². The largest absolute Gasteiger partial charge is 0.391 e. The molecule has 3 N–H and O–H groups in total. The van der Waals surface area contributed by atoms with Crippen molar-refractivity contribution in [3.05, 3.63) is 36.8 Å². The Hall–Kier alpha value is -2.41. The number of aryl methyl sites for hydroxylation is 1. The maximum Gasteiger partial charge on any atom is 0.143 e. The number of imidazole rings is 1. The van der Waals surface area contributed by atoms with E-state index in [0.717, 1.165) is 42.7 Å². The number of aliphatic hydroxyl groups is 1. The van der Waals surface area contributed by atoms with Gasteiger partial charge in [0.2, 0.25) is 0 Å². The molecule has 1 unspecified atom stereocenters. The fourth-order valence-corrected chi connectivity index (χ4v) is 3.71. The highest BCUT2D eigenvalue weighted by Crippen LogP contribution is 2.32. The molecule has 24 heavy (non-hydrogen) atoms. The van der Waals surface area contributed by atoms with E-state index in [2.05, 4.69) is 36.7 Å². The van der Waals surface area contributed by atoms with Crippen molar-refractivity contribution in [2.75, 3.05) is 5.32 Å². The molecule has 126 valence electrons. The number of aromatic amines is 1. The summed E-state index contributed by atoms with van der Waals surface area (Å²) in [7, 11) is 0. The molecule has 0 bridgehead atoms. The van der Waals surface area contributed by atoms with Crippen LogP contribution in [0.3, 0.4) is 0 Å². The number of rotatable bonds is 5. The average Bonchev–Trinajstić information content (AvgIpc) is 3.29. The van der Waals surface area contributed by atoms with Crippen LogP contribution in [-0.4, -0.2) is 41.8 Å². The zero-order chi connectivity index (χ0) is 16.5. The number of H-pyrrole nitrogens is 1. The third-order valence-corrected chi connectivity index (χ3v) is 4.91. The zero-order valence-corrected chi connectivity index (χ0v) is 13.7. The summed E-state index contributed by atoms with van der Waals surface area (Å²) in [5, 5.41) is 15.0. The molecule has 1 aliphatic rings. The monoisotopic (exact) mass is 326 g/mol. The van der Waals surface area contributed by atoms with Crippen LogP contribution < -0.4 is 5.32 Å². The Morgan fingerprint density at radius 3 is 3.08 bits per heavy atom. The van der Waals surface area contributed by atoms with Gasteiger partial charge < -0.3 is 20.0 Å². The summed E-state index contributed by atoms with van der Waals surface area (Å²) in [5.74, 6) is 1.24. The summed E-state index contributed by atoms with van der Waals surface area (Å²) in [6.07, 6.45) is 11.4. The van der Waals surface area contributed by atoms with E-state index in [9.17, 15) is 5.11 Å². The van der Waals surface area contributed by atoms with Gasteiger partial charge >= 0.3 is 0 Å². The van der Waals surface area contributed by atoms with Crippen LogP contribution in [0.1, 0.15) is 25.3 Å². The number of aromatic nitrogens is 5. The van der Waals surface area contributed by atoms with Gasteiger partial charge in [0, 0.05) is 25.1 Å². The molecule has 3 aromatic rings. The lowest BCUT2D eigenvalue weighted by Gasteiger charge is -2.18. The van der Waals surface area contributed by atoms with Gasteiger partial charge in [-0.15, -0.1) is 0 Å². The maximum absolute atomic E-state index is 10.5. The molecule has 0 radical (unpaired) electrons. The van der Waals surface area contributed by atoms with Crippen LogP contribution >= 0.6 is 0 Å². The van der Waals surface area contributed by atoms with Crippen LogP contribution in [-0.2, 0) is 13.0 Å². The highest BCUT2D eigenvalue weighted by Gasteiger charge is 2.33. The van der Waals surface area contributed by atoms with Gasteiger partial charge in [-0.2, -0.15) is 0 Å². The van der Waals surface area contributed by atoms with Crippen LogP contribution in [0.25, 0.3) is 11.0 Å². The molecular weight excluding hydrogens is 304 g/mol. The molecule has 0 saturated heterocycles. The Morgan fingerprint density at radius 2 is 2.29 bits per heavy atom. The fourth-order valence-electron chi connectivity index (χ4n) is 3.71. The van der Waals surface area contributed by atoms with Gasteiger partial charge in [-0.1, -0.05) is 6.92 Å². The Bertz CT molecular complexity index is 812. The molecule has 0 amide bonds. The summed E-state index contributed by atoms with van der Waals surface area (Å²) in [4.78, 5) is 16.0. The third kappa shape index (κ3) is 2.75. The van der Waals surface area contributed by atoms with Crippen LogP contribution in [0, 0.1) is 5.92 Å². The lowest BCUT2D eigenvalue weighted by molar-refractivity contribution is 0.166. The summed E-state index contributed by atoms with van der Waals surface area (Å²) in [5.41, 5.74) is 2.03. The van der Waals surface area contributed by atoms with Crippen molar-refractivity contribution in [2.24, 2.45) is 5.92 Å². The van der Waals surface area contributed by atoms with E-state index in [0.29, 0.717) is 5.92 Å². The number of aliphatic hydroxyl groups excluding tert-OH is 1. The standard InChI is InChI=1S/C17H22N6O/c1-2-12-7-19-16-15(12)17(21-9-20-16)22-13-5-11(6-14(13)24)8-23-4-3-18-10-23/h3-4,7,9-11,13-14,24H,2,5-6,8H2,1H3,(H2,19,20,21,22)/t11?,13-,14-/m1/s1. The molecule has 0 aliphatic heterocycles. The van der Waals surface area contributed by atoms with Gasteiger partial charge in [-0.25, -0.2) is 15.0 Å². The van der Waals surface area contributed by atoms with Gasteiger partial charge in [-0.05, 0) is 30.7 Å². The minimum Gasteiger partial charge on any atom is -0.391 e. The first kappa shape index (κ1) is 15.1. The molecule has 3 heterocycles. The van der Waals surface area contributed by atoms with Crippen molar-refractivity contribution in [2.45, 2.75) is 44.9 Å². The Kier molecular flexibility index (Phi) is 3.93. The summed E-state index contributed by atoms with van der Waals surface area (Å²) in [6, 6.07) is 0.0104. The van der Waals surface area contributed by atoms with Gasteiger partial charge in [-0.3, -0.25) is 0 Å². The lowest BCUT2D eigenvalue weighted by Crippen LogP contribution is -2.28. The maximum atomic E-state index is 10.5. The van der Waals surface area contributed by atoms with Crippen molar-refractivity contribution in [3.8, 4) is 0 Å². The quantitative estimate of drug-likeness (QED) is 0.667. The lowest BCUT2D eigenvalue weighted by atomic mass is 10.1. The van der Waals surface area contributed by atoms with E-state index in [-0.39, 0.29) is 12.1 Å². The molecule has 0 spiro atoms. The Balaban J connectivity index is 1.52. The minimum atomic E-state index is -0.368. The number of anilines is 1. The smallest absolute Gasteiger partial charge is 0.143 e. The number of hydrogen-bond acceptors (Lipinski definition) is 5. The van der Waals surface area contributed by atoms with Crippen molar-refractivity contribution in [1.29, 1.82) is 0 Å². The molecular formula is C17H22N6O. The van der Waals surface area contributed by atoms with Gasteiger partial charge in [0.05, 0.1) is 23.9 Å². The first-order chi connectivity index (χ1) is 11.7. The summed E-state index contributed by atoms with van der Waals surface area (Å²) >= 11 is 0. The molecule has 4 rings (SSSR count). The highest BCUT2D eigenvalue weighted by atomic mass is 16.3. The van der Waals surface area contributed by atoms with E-state index in [1.54, 1.807) is 12.5 Å². The summed E-state index contributed by atoms with van der Waals surface area (Å²) in [6.45, 7) is 3.00. The molecule has 0 aromatic carbocycles. The minimum absolute atomic E-state index is 0.0104. The molecule has 7 nitrogen and oxygen atoms in total. The summed E-state index contributed by atoms with van der Waals surface area (Å²) < 4.78 is 2.07. The Morgan fingerprint density at radius 1 is 1.38 bits per heavy atom. The van der Waals surface area contributed by atoms with Crippen molar-refractivity contribution < 1.29 is 5.11 Å². The Labute approximate surface area is 140 Å². The van der Waals surface area contributed by atoms with E-state index in [4.69, 9.17) is 0 Å². The number of nitrogens with zero attached hydrogens (tertiary/aromatic N) is 4. The fraction of sp³-hybridized carbons (Fsp3) is 0.471. The molecule has 3 aromatic heterocycles. The number of nitrogens with one attached hydrogen (secondary N) is 2. The van der Waals surface area contributed by atoms with E-state index >= 15 is 0 Å². The predicted octanol–water partition coefficient (Wildman–Crippen LogP) is 1.97. The van der Waals surface area contributed by atoms with Gasteiger partial charge in [0.15, 0.2) is 0 Å². The molecule has 7 heteroatoms. The van der Waals surface area contributed by atoms with Crippen LogP contribution in [0.4, 0.5) is 5.82 Å². The van der Waals surface area contributed by atoms with Crippen LogP contribution in [0.5, 0.6) is 0 Å². The average molecular weight is 326 g/mol. The van der Waals surface area contributed by atoms with E-state index < -0.39 is 0 Å². The van der Waals surface area contributed by atoms with Crippen molar-refractivity contribution in [1.82, 2.24) is 24.5 Å². The van der Waals surface area contributed by atoms with E-state index in [1.807, 2.05) is 18.7 Å². The zero-order valence-electron chi connectivity index (χ0n) is 13.7. The van der Waals surface area contributed by atoms with Crippen LogP contribution in [0.2, 0.25) is 0 Å². The van der Waals surface area contributed by atoms with Crippen molar-refractivity contribution in [3.63, 3.8) is 0 Å². The second-order valence-corrected chi connectivity index (χ2v) is 6.53. The second kappa shape index (κ2) is 6.24. The van der Waals surface area contributed by atoms with Gasteiger partial charge in [0.25, 0.3) is 0 Å². The SMILES string of the molecule is CCc1c[nH]c2ncnc(N[C@@H]3CC(Cn4ccnc4)C[C@H]3O)c12. The number of hydrogen-bond donors (Lipinski definition) is 3. The second-order valence-electron chi connectivity index (χ2n) is 6.53. The molecule has 1 saturated carbocycles. The first-order valence-corrected chi connectivity index (χ1v) is 8.46. The number of fused-ring (bicyclic) bond motifs is 1. The molecule has 3 atom stereocenters.